The molecular formula is C22H27N7O5. The topological polar surface area (TPSA) is 141 Å². The number of carbonyl (C=O) groups is 4. The van der Waals surface area contributed by atoms with Gasteiger partial charge in [0.1, 0.15) is 11.4 Å². The van der Waals surface area contributed by atoms with Crippen molar-refractivity contribution in [3.8, 4) is 0 Å². The summed E-state index contributed by atoms with van der Waals surface area (Å²) in [7, 11) is 5.05. The van der Waals surface area contributed by atoms with Crippen LogP contribution < -0.4 is 16.0 Å². The van der Waals surface area contributed by atoms with Gasteiger partial charge in [0, 0.05) is 46.3 Å². The van der Waals surface area contributed by atoms with Gasteiger partial charge in [-0.1, -0.05) is 0 Å². The van der Waals surface area contributed by atoms with E-state index in [9.17, 15) is 19.2 Å². The Bertz CT molecular complexity index is 1220. The van der Waals surface area contributed by atoms with Gasteiger partial charge < -0.3 is 34.4 Å². The molecule has 180 valence electrons. The van der Waals surface area contributed by atoms with E-state index in [0.29, 0.717) is 11.4 Å². The molecule has 3 rings (SSSR count). The van der Waals surface area contributed by atoms with Gasteiger partial charge in [0.15, 0.2) is 5.82 Å². The number of nitrogens with zero attached hydrogens (tertiary/aromatic N) is 4. The van der Waals surface area contributed by atoms with Crippen LogP contribution in [0.25, 0.3) is 0 Å². The first-order valence-corrected chi connectivity index (χ1v) is 10.6. The van der Waals surface area contributed by atoms with Gasteiger partial charge in [-0.25, -0.2) is 4.98 Å². The normalized spacial score (nSPS) is 10.6. The summed E-state index contributed by atoms with van der Waals surface area (Å²) in [6, 6.07) is 5.00. The van der Waals surface area contributed by atoms with E-state index in [4.69, 9.17) is 4.74 Å². The summed E-state index contributed by atoms with van der Waals surface area (Å²) in [6.07, 6.45) is 4.93. The summed E-state index contributed by atoms with van der Waals surface area (Å²) >= 11 is 0. The van der Waals surface area contributed by atoms with Crippen molar-refractivity contribution >= 4 is 35.2 Å². The zero-order chi connectivity index (χ0) is 24.8. The lowest BCUT2D eigenvalue weighted by Crippen LogP contribution is -2.28. The first kappa shape index (κ1) is 24.3. The Kier molecular flexibility index (Phi) is 7.51. The summed E-state index contributed by atoms with van der Waals surface area (Å²) in [6.45, 7) is 2.08. The molecule has 0 bridgehead atoms. The molecule has 3 amide bonds. The lowest BCUT2D eigenvalue weighted by molar-refractivity contribution is -0.142. The highest BCUT2D eigenvalue weighted by Crippen LogP contribution is 2.16. The molecule has 0 saturated heterocycles. The molecule has 12 nitrogen and oxygen atoms in total. The summed E-state index contributed by atoms with van der Waals surface area (Å²) in [4.78, 5) is 53.1. The minimum Gasteiger partial charge on any atom is -0.466 e. The van der Waals surface area contributed by atoms with E-state index >= 15 is 0 Å². The standard InChI is InChI=1S/C22H27N7O5/c1-5-34-18(30)8-9-23-22(33)19-25-17(13-29(19)4)26-21(32)16-11-14(12-28(16)3)24-20(31)15-7-6-10-27(15)2/h6-7,10-13H,5,8-9H2,1-4H3,(H,23,33)(H,24,31)(H,26,32). The van der Waals surface area contributed by atoms with E-state index in [2.05, 4.69) is 20.9 Å². The number of carbonyl (C=O) groups excluding carboxylic acids is 4. The summed E-state index contributed by atoms with van der Waals surface area (Å²) in [5.41, 5.74) is 1.23. The number of amides is 3. The van der Waals surface area contributed by atoms with Gasteiger partial charge in [-0.2, -0.15) is 0 Å². The maximum atomic E-state index is 12.8. The van der Waals surface area contributed by atoms with Crippen molar-refractivity contribution < 1.29 is 23.9 Å². The van der Waals surface area contributed by atoms with Gasteiger partial charge in [-0.3, -0.25) is 19.2 Å². The lowest BCUT2D eigenvalue weighted by atomic mass is 10.3. The predicted molar refractivity (Wildman–Crippen MR) is 124 cm³/mol. The minimum absolute atomic E-state index is 0.0457. The fourth-order valence-corrected chi connectivity index (χ4v) is 3.26. The Morgan fingerprint density at radius 2 is 1.68 bits per heavy atom. The number of imidazole rings is 1. The SMILES string of the molecule is CCOC(=O)CCNC(=O)c1nc(NC(=O)c2cc(NC(=O)c3cccn3C)cn2C)cn1C. The zero-order valence-electron chi connectivity index (χ0n) is 19.4. The zero-order valence-corrected chi connectivity index (χ0v) is 19.4. The van der Waals surface area contributed by atoms with Crippen LogP contribution in [0.3, 0.4) is 0 Å². The van der Waals surface area contributed by atoms with Crippen molar-refractivity contribution in [2.75, 3.05) is 23.8 Å². The molecule has 3 aromatic heterocycles. The Morgan fingerprint density at radius 1 is 0.941 bits per heavy atom. The molecular weight excluding hydrogens is 442 g/mol. The van der Waals surface area contributed by atoms with Gasteiger partial charge in [-0.05, 0) is 25.1 Å². The number of aryl methyl sites for hydroxylation is 3. The molecule has 0 saturated carbocycles. The highest BCUT2D eigenvalue weighted by molar-refractivity contribution is 6.06. The largest absolute Gasteiger partial charge is 0.466 e. The summed E-state index contributed by atoms with van der Waals surface area (Å²) in [5, 5.41) is 8.00. The van der Waals surface area contributed by atoms with Gasteiger partial charge in [-0.15, -0.1) is 0 Å². The van der Waals surface area contributed by atoms with Crippen molar-refractivity contribution in [2.24, 2.45) is 21.1 Å². The average molecular weight is 470 g/mol. The molecule has 34 heavy (non-hydrogen) atoms. The van der Waals surface area contributed by atoms with Crippen molar-refractivity contribution in [3.05, 3.63) is 54.0 Å². The monoisotopic (exact) mass is 469 g/mol. The quantitative estimate of drug-likeness (QED) is 0.403. The first-order valence-electron chi connectivity index (χ1n) is 10.6. The summed E-state index contributed by atoms with van der Waals surface area (Å²) in [5.74, 6) is -1.41. The number of nitrogens with one attached hydrogen (secondary N) is 3. The van der Waals surface area contributed by atoms with Crippen molar-refractivity contribution in [2.45, 2.75) is 13.3 Å². The van der Waals surface area contributed by atoms with Crippen molar-refractivity contribution in [1.29, 1.82) is 0 Å². The molecule has 12 heteroatoms. The molecule has 0 spiro atoms. The van der Waals surface area contributed by atoms with Crippen LogP contribution in [0.4, 0.5) is 11.5 Å². The van der Waals surface area contributed by atoms with Crippen LogP contribution in [0.2, 0.25) is 0 Å². The highest BCUT2D eigenvalue weighted by atomic mass is 16.5. The number of rotatable bonds is 9. The number of aromatic nitrogens is 4. The van der Waals surface area contributed by atoms with Crippen LogP contribution in [-0.4, -0.2) is 55.5 Å². The van der Waals surface area contributed by atoms with E-state index in [1.54, 1.807) is 67.8 Å². The molecule has 3 N–H and O–H groups in total. The Balaban J connectivity index is 1.61. The van der Waals surface area contributed by atoms with Crippen molar-refractivity contribution in [3.63, 3.8) is 0 Å². The van der Waals surface area contributed by atoms with E-state index in [1.807, 2.05) is 0 Å². The van der Waals surface area contributed by atoms with Crippen LogP contribution in [0.15, 0.2) is 36.8 Å². The molecule has 0 radical (unpaired) electrons. The fraction of sp³-hybridized carbons (Fsp3) is 0.318. The number of esters is 1. The maximum absolute atomic E-state index is 12.8. The van der Waals surface area contributed by atoms with Gasteiger partial charge in [0.2, 0.25) is 5.82 Å². The van der Waals surface area contributed by atoms with Crippen LogP contribution in [0.5, 0.6) is 0 Å². The Labute approximate surface area is 195 Å². The summed E-state index contributed by atoms with van der Waals surface area (Å²) < 4.78 is 9.54. The molecule has 3 aromatic rings. The van der Waals surface area contributed by atoms with Gasteiger partial charge >= 0.3 is 5.97 Å². The first-order chi connectivity index (χ1) is 16.2. The lowest BCUT2D eigenvalue weighted by Gasteiger charge is -2.04. The van der Waals surface area contributed by atoms with Crippen LogP contribution in [-0.2, 0) is 30.7 Å². The highest BCUT2D eigenvalue weighted by Gasteiger charge is 2.19. The number of hydrogen-bond donors (Lipinski definition) is 3. The second-order valence-electron chi connectivity index (χ2n) is 7.51. The number of hydrogen-bond acceptors (Lipinski definition) is 6. The second kappa shape index (κ2) is 10.5. The number of ether oxygens (including phenoxy) is 1. The van der Waals surface area contributed by atoms with Gasteiger partial charge in [0.25, 0.3) is 17.7 Å². The predicted octanol–water partition coefficient (Wildman–Crippen LogP) is 1.28. The maximum Gasteiger partial charge on any atom is 0.307 e. The molecule has 0 aromatic carbocycles. The minimum atomic E-state index is -0.489. The Hall–Kier alpha value is -4.35. The molecule has 0 aliphatic rings. The number of anilines is 2. The van der Waals surface area contributed by atoms with Gasteiger partial charge in [0.05, 0.1) is 18.7 Å². The average Bonchev–Trinajstić information content (AvgIpc) is 3.46. The van der Waals surface area contributed by atoms with E-state index in [0.717, 1.165) is 0 Å². The fourth-order valence-electron chi connectivity index (χ4n) is 3.26. The van der Waals surface area contributed by atoms with Crippen LogP contribution in [0.1, 0.15) is 44.9 Å². The Morgan fingerprint density at radius 3 is 2.35 bits per heavy atom. The molecule has 0 aliphatic heterocycles. The third-order valence-electron chi connectivity index (χ3n) is 4.91. The third kappa shape index (κ3) is 5.71. The van der Waals surface area contributed by atoms with Crippen molar-refractivity contribution in [1.82, 2.24) is 24.0 Å². The third-order valence-corrected chi connectivity index (χ3v) is 4.91. The molecule has 0 fully saturated rings. The van der Waals surface area contributed by atoms with E-state index < -0.39 is 17.8 Å². The van der Waals surface area contributed by atoms with Crippen LogP contribution >= 0.6 is 0 Å². The van der Waals surface area contributed by atoms with E-state index in [1.165, 1.54) is 10.8 Å². The molecule has 0 aliphatic carbocycles. The molecule has 0 unspecified atom stereocenters. The second-order valence-corrected chi connectivity index (χ2v) is 7.51. The van der Waals surface area contributed by atoms with Crippen LogP contribution in [0, 0.1) is 0 Å². The molecule has 3 heterocycles. The molecule has 0 atom stereocenters. The van der Waals surface area contributed by atoms with E-state index in [-0.39, 0.29) is 42.8 Å². The smallest absolute Gasteiger partial charge is 0.307 e.